The average Bonchev–Trinajstić information content (AvgIpc) is 2.25. The minimum atomic E-state index is -0.133. The molecule has 0 aromatic heterocycles. The van der Waals surface area contributed by atoms with Gasteiger partial charge in [0, 0.05) is 20.0 Å². The van der Waals surface area contributed by atoms with Crippen LogP contribution in [0.25, 0.3) is 0 Å². The van der Waals surface area contributed by atoms with Gasteiger partial charge in [0.1, 0.15) is 5.78 Å². The molecule has 0 spiro atoms. The topological polar surface area (TPSA) is 26.3 Å². The maximum absolute atomic E-state index is 11.9. The van der Waals surface area contributed by atoms with Crippen LogP contribution >= 0.6 is 0 Å². The Morgan fingerprint density at radius 1 is 1.31 bits per heavy atom. The van der Waals surface area contributed by atoms with Crippen molar-refractivity contribution in [2.75, 3.05) is 7.11 Å². The van der Waals surface area contributed by atoms with Crippen molar-refractivity contribution in [3.8, 4) is 0 Å². The lowest BCUT2D eigenvalue weighted by Gasteiger charge is -2.40. The molecule has 0 atom stereocenters. The molecule has 2 nitrogen and oxygen atoms in total. The van der Waals surface area contributed by atoms with Crippen molar-refractivity contribution in [3.63, 3.8) is 0 Å². The Hall–Kier alpha value is -1.15. The molecular formula is C14H18O2. The van der Waals surface area contributed by atoms with Crippen molar-refractivity contribution in [1.82, 2.24) is 0 Å². The van der Waals surface area contributed by atoms with E-state index in [9.17, 15) is 4.79 Å². The van der Waals surface area contributed by atoms with Gasteiger partial charge in [0.2, 0.25) is 0 Å². The predicted octanol–water partition coefficient (Wildman–Crippen LogP) is 2.76. The van der Waals surface area contributed by atoms with Crippen molar-refractivity contribution in [2.45, 2.75) is 37.7 Å². The van der Waals surface area contributed by atoms with Gasteiger partial charge in [0.15, 0.2) is 0 Å². The maximum Gasteiger partial charge on any atom is 0.140 e. The molecule has 1 aromatic carbocycles. The van der Waals surface area contributed by atoms with E-state index in [0.29, 0.717) is 12.8 Å². The fourth-order valence-corrected chi connectivity index (χ4v) is 2.27. The smallest absolute Gasteiger partial charge is 0.140 e. The van der Waals surface area contributed by atoms with Crippen LogP contribution in [-0.2, 0) is 16.0 Å². The number of rotatable bonds is 5. The quantitative estimate of drug-likeness (QED) is 0.759. The molecule has 1 saturated carbocycles. The summed E-state index contributed by atoms with van der Waals surface area (Å²) in [7, 11) is 1.72. The number of hydrogen-bond acceptors (Lipinski definition) is 2. The second-order valence-corrected chi connectivity index (χ2v) is 4.62. The Morgan fingerprint density at radius 2 is 2.00 bits per heavy atom. The average molecular weight is 218 g/mol. The Balaban J connectivity index is 1.89. The minimum Gasteiger partial charge on any atom is -0.378 e. The second-order valence-electron chi connectivity index (χ2n) is 4.62. The van der Waals surface area contributed by atoms with Gasteiger partial charge in [-0.05, 0) is 24.8 Å². The van der Waals surface area contributed by atoms with Crippen molar-refractivity contribution in [2.24, 2.45) is 0 Å². The molecule has 0 heterocycles. The highest BCUT2D eigenvalue weighted by molar-refractivity contribution is 5.82. The molecule has 0 aliphatic heterocycles. The molecule has 0 unspecified atom stereocenters. The van der Waals surface area contributed by atoms with E-state index >= 15 is 0 Å². The van der Waals surface area contributed by atoms with Gasteiger partial charge in [-0.1, -0.05) is 30.3 Å². The predicted molar refractivity (Wildman–Crippen MR) is 63.4 cm³/mol. The van der Waals surface area contributed by atoms with Crippen LogP contribution in [0, 0.1) is 0 Å². The molecule has 0 amide bonds. The first-order chi connectivity index (χ1) is 7.74. The van der Waals surface area contributed by atoms with E-state index in [-0.39, 0.29) is 11.4 Å². The molecule has 1 aliphatic rings. The van der Waals surface area contributed by atoms with Gasteiger partial charge < -0.3 is 4.74 Å². The number of hydrogen-bond donors (Lipinski definition) is 0. The van der Waals surface area contributed by atoms with E-state index in [4.69, 9.17) is 4.74 Å². The molecule has 1 fully saturated rings. The number of ether oxygens (including phenoxy) is 1. The van der Waals surface area contributed by atoms with Gasteiger partial charge >= 0.3 is 0 Å². The maximum atomic E-state index is 11.9. The zero-order chi connectivity index (χ0) is 11.4. The summed E-state index contributed by atoms with van der Waals surface area (Å²) in [6.07, 6.45) is 4.35. The number of ketones is 1. The van der Waals surface area contributed by atoms with E-state index in [1.54, 1.807) is 7.11 Å². The van der Waals surface area contributed by atoms with E-state index in [2.05, 4.69) is 0 Å². The summed E-state index contributed by atoms with van der Waals surface area (Å²) in [5.74, 6) is 0.285. The van der Waals surface area contributed by atoms with Crippen LogP contribution in [0.2, 0.25) is 0 Å². The molecular weight excluding hydrogens is 200 g/mol. The highest BCUT2D eigenvalue weighted by Crippen LogP contribution is 2.38. The number of benzene rings is 1. The van der Waals surface area contributed by atoms with Crippen LogP contribution < -0.4 is 0 Å². The molecule has 2 heteroatoms. The van der Waals surface area contributed by atoms with E-state index in [0.717, 1.165) is 18.4 Å². The monoisotopic (exact) mass is 218 g/mol. The molecule has 16 heavy (non-hydrogen) atoms. The normalized spacial score (nSPS) is 17.8. The summed E-state index contributed by atoms with van der Waals surface area (Å²) in [5, 5.41) is 0. The fourth-order valence-electron chi connectivity index (χ4n) is 2.27. The first-order valence-electron chi connectivity index (χ1n) is 5.85. The second kappa shape index (κ2) is 4.79. The number of carbonyl (C=O) groups is 1. The highest BCUT2D eigenvalue weighted by Gasteiger charge is 2.38. The summed E-state index contributed by atoms with van der Waals surface area (Å²) in [6, 6.07) is 9.91. The first-order valence-corrected chi connectivity index (χ1v) is 5.85. The van der Waals surface area contributed by atoms with Crippen LogP contribution in [0.1, 0.15) is 31.2 Å². The Labute approximate surface area is 96.6 Å². The number of carbonyl (C=O) groups excluding carboxylic acids is 1. The standard InChI is InChI=1S/C14H18O2/c1-16-14(8-5-9-14)11-13(15)10-12-6-3-2-4-7-12/h2-4,6-7H,5,8-11H2,1H3. The molecule has 86 valence electrons. The third-order valence-corrected chi connectivity index (χ3v) is 3.46. The summed E-state index contributed by atoms with van der Waals surface area (Å²) in [5.41, 5.74) is 0.962. The van der Waals surface area contributed by atoms with Gasteiger partial charge in [0.25, 0.3) is 0 Å². The molecule has 1 aliphatic carbocycles. The van der Waals surface area contributed by atoms with Gasteiger partial charge in [-0.2, -0.15) is 0 Å². The Kier molecular flexibility index (Phi) is 3.39. The van der Waals surface area contributed by atoms with Gasteiger partial charge in [0.05, 0.1) is 5.60 Å². The molecule has 2 rings (SSSR count). The van der Waals surface area contributed by atoms with Crippen LogP contribution in [0.15, 0.2) is 30.3 Å². The third-order valence-electron chi connectivity index (χ3n) is 3.46. The van der Waals surface area contributed by atoms with Crippen LogP contribution in [-0.4, -0.2) is 18.5 Å². The fraction of sp³-hybridized carbons (Fsp3) is 0.500. The van der Waals surface area contributed by atoms with E-state index < -0.39 is 0 Å². The molecule has 1 aromatic rings. The minimum absolute atomic E-state index is 0.133. The lowest BCUT2D eigenvalue weighted by atomic mass is 9.76. The largest absolute Gasteiger partial charge is 0.378 e. The number of Topliss-reactive ketones (excluding diaryl/α,β-unsaturated/α-hetero) is 1. The SMILES string of the molecule is COC1(CC(=O)Cc2ccccc2)CCC1. The summed E-state index contributed by atoms with van der Waals surface area (Å²) >= 11 is 0. The summed E-state index contributed by atoms with van der Waals surface area (Å²) < 4.78 is 5.46. The first kappa shape index (κ1) is 11.3. The zero-order valence-corrected chi connectivity index (χ0v) is 9.74. The van der Waals surface area contributed by atoms with Gasteiger partial charge in [-0.15, -0.1) is 0 Å². The highest BCUT2D eigenvalue weighted by atomic mass is 16.5. The summed E-state index contributed by atoms with van der Waals surface area (Å²) in [6.45, 7) is 0. The number of methoxy groups -OCH3 is 1. The third kappa shape index (κ3) is 2.50. The zero-order valence-electron chi connectivity index (χ0n) is 9.74. The summed E-state index contributed by atoms with van der Waals surface area (Å²) in [4.78, 5) is 11.9. The van der Waals surface area contributed by atoms with E-state index in [1.807, 2.05) is 30.3 Å². The molecule has 0 saturated heterocycles. The molecule has 0 N–H and O–H groups in total. The van der Waals surface area contributed by atoms with Gasteiger partial charge in [-0.25, -0.2) is 0 Å². The van der Waals surface area contributed by atoms with Gasteiger partial charge in [-0.3, -0.25) is 4.79 Å². The Morgan fingerprint density at radius 3 is 2.50 bits per heavy atom. The van der Waals surface area contributed by atoms with Crippen molar-refractivity contribution in [3.05, 3.63) is 35.9 Å². The van der Waals surface area contributed by atoms with Crippen molar-refractivity contribution in [1.29, 1.82) is 0 Å². The van der Waals surface area contributed by atoms with Crippen molar-refractivity contribution >= 4 is 5.78 Å². The lowest BCUT2D eigenvalue weighted by molar-refractivity contribution is -0.131. The van der Waals surface area contributed by atoms with Crippen LogP contribution in [0.3, 0.4) is 0 Å². The van der Waals surface area contributed by atoms with E-state index in [1.165, 1.54) is 6.42 Å². The Bertz CT molecular complexity index is 347. The van der Waals surface area contributed by atoms with Crippen molar-refractivity contribution < 1.29 is 9.53 Å². The molecule has 0 radical (unpaired) electrons. The molecule has 0 bridgehead atoms. The lowest BCUT2D eigenvalue weighted by Crippen LogP contribution is -2.41. The van der Waals surface area contributed by atoms with Crippen LogP contribution in [0.5, 0.6) is 0 Å². The van der Waals surface area contributed by atoms with Crippen LogP contribution in [0.4, 0.5) is 0 Å².